The molecule has 1 aliphatic heterocycles. The molecule has 2 aromatic rings. The summed E-state index contributed by atoms with van der Waals surface area (Å²) in [5, 5.41) is 2.74. The van der Waals surface area contributed by atoms with Crippen molar-refractivity contribution in [3.63, 3.8) is 0 Å². The molecule has 9 heteroatoms. The van der Waals surface area contributed by atoms with Gasteiger partial charge in [-0.3, -0.25) is 9.59 Å². The second kappa shape index (κ2) is 9.59. The average molecular weight is 446 g/mol. The Morgan fingerprint density at radius 2 is 1.68 bits per heavy atom. The van der Waals surface area contributed by atoms with E-state index < -0.39 is 15.9 Å². The number of ether oxygens (including phenoxy) is 1. The minimum absolute atomic E-state index is 0.0487. The van der Waals surface area contributed by atoms with Gasteiger partial charge in [0.25, 0.3) is 11.8 Å². The van der Waals surface area contributed by atoms with Crippen LogP contribution in [0.15, 0.2) is 53.4 Å². The van der Waals surface area contributed by atoms with Crippen LogP contribution in [-0.2, 0) is 14.8 Å². The fourth-order valence-electron chi connectivity index (χ4n) is 3.12. The topological polar surface area (TPSA) is 96.0 Å². The van der Waals surface area contributed by atoms with E-state index in [1.165, 1.54) is 29.6 Å². The molecule has 166 valence electrons. The fourth-order valence-corrected chi connectivity index (χ4v) is 4.54. The van der Waals surface area contributed by atoms with Crippen LogP contribution in [0.5, 0.6) is 0 Å². The lowest BCUT2D eigenvalue weighted by Gasteiger charge is -2.27. The Balaban J connectivity index is 1.77. The second-order valence-electron chi connectivity index (χ2n) is 7.58. The van der Waals surface area contributed by atoms with E-state index in [1.54, 1.807) is 49.1 Å². The molecule has 0 unspecified atom stereocenters. The Labute approximate surface area is 182 Å². The minimum Gasteiger partial charge on any atom is -0.378 e. The minimum atomic E-state index is -3.70. The highest BCUT2D eigenvalue weighted by Gasteiger charge is 2.24. The third-order valence-corrected chi connectivity index (χ3v) is 7.20. The molecule has 1 saturated heterocycles. The first-order chi connectivity index (χ1) is 14.7. The van der Waals surface area contributed by atoms with Crippen LogP contribution in [0.3, 0.4) is 0 Å². The maximum atomic E-state index is 12.7. The first kappa shape index (κ1) is 22.9. The number of nitrogens with one attached hydrogen (secondary N) is 1. The van der Waals surface area contributed by atoms with E-state index in [2.05, 4.69) is 5.32 Å². The van der Waals surface area contributed by atoms with Crippen LogP contribution in [-0.4, -0.2) is 68.8 Å². The number of nitrogens with zero attached hydrogens (tertiary/aromatic N) is 2. The maximum Gasteiger partial charge on any atom is 0.255 e. The van der Waals surface area contributed by atoms with E-state index in [1.807, 2.05) is 0 Å². The maximum absolute atomic E-state index is 12.7. The Bertz CT molecular complexity index is 1060. The van der Waals surface area contributed by atoms with Crippen molar-refractivity contribution in [3.8, 4) is 0 Å². The van der Waals surface area contributed by atoms with E-state index in [0.29, 0.717) is 37.6 Å². The van der Waals surface area contributed by atoms with Gasteiger partial charge < -0.3 is 15.0 Å². The third kappa shape index (κ3) is 5.30. The van der Waals surface area contributed by atoms with Gasteiger partial charge in [-0.25, -0.2) is 8.42 Å². The molecule has 0 atom stereocenters. The van der Waals surface area contributed by atoms with Crippen LogP contribution in [0.25, 0.3) is 0 Å². The van der Waals surface area contributed by atoms with E-state index in [4.69, 9.17) is 4.74 Å². The van der Waals surface area contributed by atoms with Crippen LogP contribution in [0.1, 0.15) is 34.6 Å². The van der Waals surface area contributed by atoms with Gasteiger partial charge in [0, 0.05) is 43.0 Å². The summed E-state index contributed by atoms with van der Waals surface area (Å²) in [5.74, 6) is -0.579. The van der Waals surface area contributed by atoms with E-state index in [9.17, 15) is 18.0 Å². The lowest BCUT2D eigenvalue weighted by atomic mass is 10.1. The van der Waals surface area contributed by atoms with Crippen molar-refractivity contribution >= 4 is 27.5 Å². The summed E-state index contributed by atoms with van der Waals surface area (Å²) in [7, 11) is -2.20. The Morgan fingerprint density at radius 1 is 1.03 bits per heavy atom. The zero-order chi connectivity index (χ0) is 22.6. The van der Waals surface area contributed by atoms with Gasteiger partial charge in [0.1, 0.15) is 0 Å². The molecule has 2 aromatic carbocycles. The van der Waals surface area contributed by atoms with Gasteiger partial charge in [-0.05, 0) is 50.2 Å². The fraction of sp³-hybridized carbons (Fsp3) is 0.364. The SMILES string of the molecule is CC(C)N(C)S(=O)(=O)c1cccc(C(=O)Nc2cccc(C(=O)N3CCOCC3)c2)c1. The molecule has 31 heavy (non-hydrogen) atoms. The van der Waals surface area contributed by atoms with Crippen LogP contribution in [0.4, 0.5) is 5.69 Å². The van der Waals surface area contributed by atoms with Crippen LogP contribution in [0.2, 0.25) is 0 Å². The second-order valence-corrected chi connectivity index (χ2v) is 9.58. The zero-order valence-electron chi connectivity index (χ0n) is 17.9. The number of benzene rings is 2. The van der Waals surface area contributed by atoms with Crippen molar-refractivity contribution in [1.82, 2.24) is 9.21 Å². The molecule has 1 heterocycles. The van der Waals surface area contributed by atoms with Crippen LogP contribution < -0.4 is 5.32 Å². The number of hydrogen-bond acceptors (Lipinski definition) is 5. The molecule has 3 rings (SSSR count). The molecule has 1 fully saturated rings. The summed E-state index contributed by atoms with van der Waals surface area (Å²) in [4.78, 5) is 27.2. The number of morpholine rings is 1. The third-order valence-electron chi connectivity index (χ3n) is 5.17. The molecular formula is C22H27N3O5S. The van der Waals surface area contributed by atoms with Crippen molar-refractivity contribution in [2.75, 3.05) is 38.7 Å². The highest BCUT2D eigenvalue weighted by molar-refractivity contribution is 7.89. The number of amides is 2. The first-order valence-corrected chi connectivity index (χ1v) is 11.5. The molecule has 0 aromatic heterocycles. The van der Waals surface area contributed by atoms with Crippen molar-refractivity contribution in [2.45, 2.75) is 24.8 Å². The summed E-state index contributed by atoms with van der Waals surface area (Å²) < 4.78 is 32.0. The monoisotopic (exact) mass is 445 g/mol. The molecule has 0 aliphatic carbocycles. The number of anilines is 1. The number of carbonyl (C=O) groups is 2. The molecule has 0 radical (unpaired) electrons. The number of rotatable bonds is 6. The van der Waals surface area contributed by atoms with Gasteiger partial charge in [-0.1, -0.05) is 12.1 Å². The molecule has 8 nitrogen and oxygen atoms in total. The summed E-state index contributed by atoms with van der Waals surface area (Å²) in [6.07, 6.45) is 0. The predicted octanol–water partition coefficient (Wildman–Crippen LogP) is 2.44. The van der Waals surface area contributed by atoms with E-state index in [-0.39, 0.29) is 22.4 Å². The average Bonchev–Trinajstić information content (AvgIpc) is 2.78. The number of sulfonamides is 1. The summed E-state index contributed by atoms with van der Waals surface area (Å²) in [6.45, 7) is 5.63. The van der Waals surface area contributed by atoms with Gasteiger partial charge in [0.05, 0.1) is 18.1 Å². The highest BCUT2D eigenvalue weighted by atomic mass is 32.2. The molecule has 1 N–H and O–H groups in total. The quantitative estimate of drug-likeness (QED) is 0.737. The molecule has 2 amide bonds. The van der Waals surface area contributed by atoms with Crippen LogP contribution >= 0.6 is 0 Å². The summed E-state index contributed by atoms with van der Waals surface area (Å²) in [5.41, 5.74) is 1.13. The van der Waals surface area contributed by atoms with Crippen LogP contribution in [0, 0.1) is 0 Å². The van der Waals surface area contributed by atoms with Crippen molar-refractivity contribution in [1.29, 1.82) is 0 Å². The van der Waals surface area contributed by atoms with Gasteiger partial charge in [0.2, 0.25) is 10.0 Å². The lowest BCUT2D eigenvalue weighted by molar-refractivity contribution is 0.0303. The molecular weight excluding hydrogens is 418 g/mol. The predicted molar refractivity (Wildman–Crippen MR) is 118 cm³/mol. The smallest absolute Gasteiger partial charge is 0.255 e. The Morgan fingerprint density at radius 3 is 2.35 bits per heavy atom. The van der Waals surface area contributed by atoms with E-state index >= 15 is 0 Å². The number of carbonyl (C=O) groups excluding carboxylic acids is 2. The summed E-state index contributed by atoms with van der Waals surface area (Å²) >= 11 is 0. The normalized spacial score (nSPS) is 14.7. The van der Waals surface area contributed by atoms with Crippen molar-refractivity contribution < 1.29 is 22.7 Å². The first-order valence-electron chi connectivity index (χ1n) is 10.1. The lowest BCUT2D eigenvalue weighted by Crippen LogP contribution is -2.40. The largest absolute Gasteiger partial charge is 0.378 e. The standard InChI is InChI=1S/C22H27N3O5S/c1-16(2)24(3)31(28,29)20-9-5-6-17(15-20)21(26)23-19-8-4-7-18(14-19)22(27)25-10-12-30-13-11-25/h4-9,14-16H,10-13H2,1-3H3,(H,23,26). The molecule has 0 spiro atoms. The zero-order valence-corrected chi connectivity index (χ0v) is 18.7. The van der Waals surface area contributed by atoms with Crippen molar-refractivity contribution in [3.05, 3.63) is 59.7 Å². The van der Waals surface area contributed by atoms with Crippen molar-refractivity contribution in [2.24, 2.45) is 0 Å². The van der Waals surface area contributed by atoms with Gasteiger partial charge in [-0.2, -0.15) is 4.31 Å². The van der Waals surface area contributed by atoms with Gasteiger partial charge >= 0.3 is 0 Å². The Kier molecular flexibility index (Phi) is 7.09. The summed E-state index contributed by atoms with van der Waals surface area (Å²) in [6, 6.07) is 12.4. The molecule has 0 bridgehead atoms. The van der Waals surface area contributed by atoms with Gasteiger partial charge in [0.15, 0.2) is 0 Å². The highest BCUT2D eigenvalue weighted by Crippen LogP contribution is 2.19. The Hall–Kier alpha value is -2.75. The van der Waals surface area contributed by atoms with Gasteiger partial charge in [-0.15, -0.1) is 0 Å². The molecule has 0 saturated carbocycles. The van der Waals surface area contributed by atoms with E-state index in [0.717, 1.165) is 0 Å². The number of hydrogen-bond donors (Lipinski definition) is 1. The molecule has 1 aliphatic rings.